The molecule has 1 unspecified atom stereocenters. The van der Waals surface area contributed by atoms with Crippen molar-refractivity contribution in [3.05, 3.63) is 12.2 Å². The molecule has 0 heterocycles. The van der Waals surface area contributed by atoms with Crippen molar-refractivity contribution in [1.82, 2.24) is 4.90 Å². The Hall–Kier alpha value is -1.44. The zero-order valence-electron chi connectivity index (χ0n) is 43.0. The second kappa shape index (κ2) is 51.5. The van der Waals surface area contributed by atoms with E-state index in [0.717, 1.165) is 96.8 Å². The van der Waals surface area contributed by atoms with Crippen molar-refractivity contribution in [2.24, 2.45) is 0 Å². The Balaban J connectivity index is 4.36. The lowest BCUT2D eigenvalue weighted by atomic mass is 10.0. The largest absolute Gasteiger partial charge is 0.462 e. The van der Waals surface area contributed by atoms with Crippen molar-refractivity contribution in [1.29, 1.82) is 0 Å². The van der Waals surface area contributed by atoms with Gasteiger partial charge < -0.3 is 23.8 Å². The molecule has 0 aliphatic heterocycles. The number of allylic oxidation sites excluding steroid dienone is 1. The summed E-state index contributed by atoms with van der Waals surface area (Å²) in [5.41, 5.74) is 0. The summed E-state index contributed by atoms with van der Waals surface area (Å²) in [7, 11) is 4.10. The minimum atomic E-state index is -0.0725. The van der Waals surface area contributed by atoms with E-state index in [-0.39, 0.29) is 24.3 Å². The topological polar surface area (TPSA) is 74.3 Å². The van der Waals surface area contributed by atoms with Gasteiger partial charge in [-0.3, -0.25) is 9.59 Å². The number of unbranched alkanes of at least 4 members (excludes halogenated alkanes) is 30. The van der Waals surface area contributed by atoms with Crippen LogP contribution in [0.4, 0.5) is 0 Å². The number of hydrogen-bond donors (Lipinski definition) is 0. The fourth-order valence-corrected chi connectivity index (χ4v) is 8.34. The summed E-state index contributed by atoms with van der Waals surface area (Å²) < 4.78 is 24.1. The predicted octanol–water partition coefficient (Wildman–Crippen LogP) is 17.0. The van der Waals surface area contributed by atoms with Crippen LogP contribution in [0.25, 0.3) is 0 Å². The second-order valence-corrected chi connectivity index (χ2v) is 19.2. The number of esters is 2. The monoisotopic (exact) mass is 892 g/mol. The molecule has 0 aliphatic rings. The van der Waals surface area contributed by atoms with E-state index in [2.05, 4.69) is 45.8 Å². The Kier molecular flexibility index (Phi) is 50.4. The van der Waals surface area contributed by atoms with E-state index < -0.39 is 0 Å². The van der Waals surface area contributed by atoms with Crippen LogP contribution >= 0.6 is 0 Å². The molecule has 63 heavy (non-hydrogen) atoms. The van der Waals surface area contributed by atoms with Gasteiger partial charge in [-0.2, -0.15) is 0 Å². The van der Waals surface area contributed by atoms with Crippen LogP contribution in [0.1, 0.15) is 284 Å². The first-order chi connectivity index (χ1) is 30.9. The SMILES string of the molecule is CCCCCC/C=C\COC(=O)CCCCCCCCCC(CCCCCCCCCC(OCCCCCCCCCC)OCCCCCCCCCC)OC(=O)CCCN(C)C. The molecule has 0 aromatic carbocycles. The van der Waals surface area contributed by atoms with Gasteiger partial charge in [0.15, 0.2) is 6.29 Å². The first kappa shape index (κ1) is 61.6. The molecule has 0 bridgehead atoms. The van der Waals surface area contributed by atoms with Gasteiger partial charge in [-0.1, -0.05) is 206 Å². The summed E-state index contributed by atoms with van der Waals surface area (Å²) in [5, 5.41) is 0. The first-order valence-corrected chi connectivity index (χ1v) is 27.8. The van der Waals surface area contributed by atoms with Gasteiger partial charge in [0.05, 0.1) is 0 Å². The van der Waals surface area contributed by atoms with Gasteiger partial charge in [0.25, 0.3) is 0 Å². The molecular weight excluding hydrogens is 783 g/mol. The fourth-order valence-electron chi connectivity index (χ4n) is 8.34. The molecule has 0 fully saturated rings. The second-order valence-electron chi connectivity index (χ2n) is 19.2. The van der Waals surface area contributed by atoms with Crippen molar-refractivity contribution in [3.8, 4) is 0 Å². The Morgan fingerprint density at radius 3 is 1.30 bits per heavy atom. The molecule has 0 N–H and O–H groups in total. The standard InChI is InChI=1S/C56H109NO6/c1-6-9-12-15-18-27-34-41-51-61-56(62-52-42-35-28-19-16-13-10-7-2)48-39-32-25-21-23-30-37-45-53(63-55(59)47-43-49-57(4)5)44-36-29-22-20-24-31-38-46-54(58)60-50-40-33-26-17-14-11-8-3/h33,40,53,56H,6-32,34-39,41-52H2,1-5H3/b40-33-. The van der Waals surface area contributed by atoms with Gasteiger partial charge in [-0.15, -0.1) is 0 Å². The van der Waals surface area contributed by atoms with E-state index in [1.807, 2.05) is 6.08 Å². The van der Waals surface area contributed by atoms with E-state index in [1.54, 1.807) is 0 Å². The van der Waals surface area contributed by atoms with Crippen LogP contribution in [-0.4, -0.2) is 69.7 Å². The number of ether oxygens (including phenoxy) is 4. The molecule has 7 nitrogen and oxygen atoms in total. The molecule has 0 aliphatic carbocycles. The lowest BCUT2D eigenvalue weighted by Gasteiger charge is -2.19. The van der Waals surface area contributed by atoms with Gasteiger partial charge in [0, 0.05) is 26.1 Å². The summed E-state index contributed by atoms with van der Waals surface area (Å²) in [6.45, 7) is 9.79. The van der Waals surface area contributed by atoms with Gasteiger partial charge in [-0.25, -0.2) is 0 Å². The molecule has 0 saturated heterocycles. The maximum Gasteiger partial charge on any atom is 0.306 e. The van der Waals surface area contributed by atoms with Crippen LogP contribution in [0, 0.1) is 0 Å². The lowest BCUT2D eigenvalue weighted by Crippen LogP contribution is -2.20. The zero-order valence-corrected chi connectivity index (χ0v) is 43.0. The minimum Gasteiger partial charge on any atom is -0.462 e. The smallest absolute Gasteiger partial charge is 0.306 e. The maximum absolute atomic E-state index is 12.7. The van der Waals surface area contributed by atoms with Crippen molar-refractivity contribution < 1.29 is 28.5 Å². The fraction of sp³-hybridized carbons (Fsp3) is 0.929. The third kappa shape index (κ3) is 49.8. The van der Waals surface area contributed by atoms with E-state index >= 15 is 0 Å². The molecule has 0 aromatic rings. The summed E-state index contributed by atoms with van der Waals surface area (Å²) in [6.07, 6.45) is 52.8. The van der Waals surface area contributed by atoms with Crippen molar-refractivity contribution >= 4 is 11.9 Å². The summed E-state index contributed by atoms with van der Waals surface area (Å²) >= 11 is 0. The minimum absolute atomic E-state index is 0.0271. The van der Waals surface area contributed by atoms with Crippen LogP contribution in [0.2, 0.25) is 0 Å². The number of rotatable bonds is 52. The van der Waals surface area contributed by atoms with Gasteiger partial charge in [0.1, 0.15) is 12.7 Å². The molecule has 0 spiro atoms. The lowest BCUT2D eigenvalue weighted by molar-refractivity contribution is -0.150. The highest BCUT2D eigenvalue weighted by atomic mass is 16.7. The van der Waals surface area contributed by atoms with Gasteiger partial charge >= 0.3 is 11.9 Å². The van der Waals surface area contributed by atoms with Crippen LogP contribution < -0.4 is 0 Å². The Morgan fingerprint density at radius 1 is 0.429 bits per heavy atom. The number of carbonyl (C=O) groups is 2. The predicted molar refractivity (Wildman–Crippen MR) is 271 cm³/mol. The average molecular weight is 892 g/mol. The van der Waals surface area contributed by atoms with Crippen LogP contribution in [0.15, 0.2) is 12.2 Å². The Labute approximate surface area is 393 Å². The number of carbonyl (C=O) groups excluding carboxylic acids is 2. The van der Waals surface area contributed by atoms with Crippen LogP contribution in [-0.2, 0) is 28.5 Å². The Morgan fingerprint density at radius 2 is 0.825 bits per heavy atom. The Bertz CT molecular complexity index is 934. The molecule has 0 rings (SSSR count). The van der Waals surface area contributed by atoms with E-state index in [1.165, 1.54) is 173 Å². The summed E-state index contributed by atoms with van der Waals surface area (Å²) in [6, 6.07) is 0. The molecule has 0 amide bonds. The molecule has 0 radical (unpaired) electrons. The van der Waals surface area contributed by atoms with Crippen molar-refractivity contribution in [3.63, 3.8) is 0 Å². The molecule has 0 saturated carbocycles. The van der Waals surface area contributed by atoms with Crippen molar-refractivity contribution in [2.45, 2.75) is 296 Å². The quantitative estimate of drug-likeness (QED) is 0.0261. The van der Waals surface area contributed by atoms with E-state index in [9.17, 15) is 9.59 Å². The molecular formula is C56H109NO6. The zero-order chi connectivity index (χ0) is 45.9. The maximum atomic E-state index is 12.7. The summed E-state index contributed by atoms with van der Waals surface area (Å²) in [5.74, 6) is -0.0996. The number of nitrogens with zero attached hydrogens (tertiary/aromatic N) is 1. The normalized spacial score (nSPS) is 12.3. The highest BCUT2D eigenvalue weighted by Gasteiger charge is 2.15. The molecule has 7 heteroatoms. The average Bonchev–Trinajstić information content (AvgIpc) is 3.26. The van der Waals surface area contributed by atoms with Crippen LogP contribution in [0.5, 0.6) is 0 Å². The highest BCUT2D eigenvalue weighted by molar-refractivity contribution is 5.69. The molecule has 1 atom stereocenters. The van der Waals surface area contributed by atoms with Crippen molar-refractivity contribution in [2.75, 3.05) is 40.5 Å². The number of hydrogen-bond acceptors (Lipinski definition) is 7. The van der Waals surface area contributed by atoms with Gasteiger partial charge in [-0.05, 0) is 97.7 Å². The first-order valence-electron chi connectivity index (χ1n) is 27.8. The molecule has 0 aromatic heterocycles. The summed E-state index contributed by atoms with van der Waals surface area (Å²) in [4.78, 5) is 26.9. The third-order valence-corrected chi connectivity index (χ3v) is 12.5. The molecule has 374 valence electrons. The van der Waals surface area contributed by atoms with Gasteiger partial charge in [0.2, 0.25) is 0 Å². The van der Waals surface area contributed by atoms with E-state index in [0.29, 0.717) is 19.4 Å². The van der Waals surface area contributed by atoms with Crippen LogP contribution in [0.3, 0.4) is 0 Å². The highest BCUT2D eigenvalue weighted by Crippen LogP contribution is 2.20. The third-order valence-electron chi connectivity index (χ3n) is 12.5. The van der Waals surface area contributed by atoms with E-state index in [4.69, 9.17) is 18.9 Å².